The lowest BCUT2D eigenvalue weighted by Gasteiger charge is -2.33. The molecule has 1 fully saturated rings. The smallest absolute Gasteiger partial charge is 0.126 e. The molecular weight excluding hydrogens is 234 g/mol. The normalized spacial score (nSPS) is 25.4. The van der Waals surface area contributed by atoms with Gasteiger partial charge in [-0.25, -0.2) is 4.98 Å². The summed E-state index contributed by atoms with van der Waals surface area (Å²) in [6.45, 7) is 8.94. The standard InChI is InChI=1S/C16H29N3/c1-4-9-17-15(14-8-6-7-13(3)12-14)16-18-10-11-19(16)5-2/h10-11,13-15,17H,4-9,12H2,1-3H3. The monoisotopic (exact) mass is 263 g/mol. The van der Waals surface area contributed by atoms with Crippen molar-refractivity contribution in [3.63, 3.8) is 0 Å². The van der Waals surface area contributed by atoms with Gasteiger partial charge < -0.3 is 9.88 Å². The highest BCUT2D eigenvalue weighted by molar-refractivity contribution is 5.02. The molecular formula is C16H29N3. The minimum atomic E-state index is 0.442. The number of rotatable bonds is 6. The summed E-state index contributed by atoms with van der Waals surface area (Å²) in [4.78, 5) is 4.64. The molecule has 108 valence electrons. The summed E-state index contributed by atoms with van der Waals surface area (Å²) in [6.07, 6.45) is 10.7. The summed E-state index contributed by atoms with van der Waals surface area (Å²) < 4.78 is 2.30. The first kappa shape index (κ1) is 14.6. The van der Waals surface area contributed by atoms with E-state index in [0.717, 1.165) is 24.9 Å². The first-order chi connectivity index (χ1) is 9.26. The Hall–Kier alpha value is -0.830. The Balaban J connectivity index is 2.15. The summed E-state index contributed by atoms with van der Waals surface area (Å²) in [6, 6.07) is 0.442. The number of hydrogen-bond donors (Lipinski definition) is 1. The highest BCUT2D eigenvalue weighted by Crippen LogP contribution is 2.36. The van der Waals surface area contributed by atoms with E-state index in [-0.39, 0.29) is 0 Å². The van der Waals surface area contributed by atoms with Crippen LogP contribution >= 0.6 is 0 Å². The van der Waals surface area contributed by atoms with Crippen LogP contribution in [0.1, 0.15) is 64.7 Å². The molecule has 2 rings (SSSR count). The molecule has 1 saturated carbocycles. The maximum absolute atomic E-state index is 4.64. The van der Waals surface area contributed by atoms with E-state index in [1.54, 1.807) is 0 Å². The maximum Gasteiger partial charge on any atom is 0.126 e. The second-order valence-electron chi connectivity index (χ2n) is 6.04. The third-order valence-electron chi connectivity index (χ3n) is 4.43. The topological polar surface area (TPSA) is 29.9 Å². The van der Waals surface area contributed by atoms with Gasteiger partial charge in [-0.2, -0.15) is 0 Å². The molecule has 3 unspecified atom stereocenters. The Kier molecular flexibility index (Phi) is 5.44. The van der Waals surface area contributed by atoms with Crippen molar-refractivity contribution in [2.75, 3.05) is 6.54 Å². The molecule has 3 atom stereocenters. The Morgan fingerprint density at radius 1 is 1.42 bits per heavy atom. The fourth-order valence-electron chi connectivity index (χ4n) is 3.42. The van der Waals surface area contributed by atoms with Gasteiger partial charge in [0.2, 0.25) is 0 Å². The van der Waals surface area contributed by atoms with E-state index in [4.69, 9.17) is 0 Å². The number of imidazole rings is 1. The zero-order valence-electron chi connectivity index (χ0n) is 12.7. The minimum Gasteiger partial charge on any atom is -0.334 e. The minimum absolute atomic E-state index is 0.442. The van der Waals surface area contributed by atoms with Crippen molar-refractivity contribution in [3.05, 3.63) is 18.2 Å². The van der Waals surface area contributed by atoms with E-state index in [1.165, 1.54) is 37.9 Å². The van der Waals surface area contributed by atoms with Crippen LogP contribution in [0.25, 0.3) is 0 Å². The second-order valence-corrected chi connectivity index (χ2v) is 6.04. The molecule has 1 heterocycles. The van der Waals surface area contributed by atoms with Crippen LogP contribution in [0, 0.1) is 11.8 Å². The van der Waals surface area contributed by atoms with E-state index in [1.807, 2.05) is 6.20 Å². The zero-order chi connectivity index (χ0) is 13.7. The van der Waals surface area contributed by atoms with Crippen molar-refractivity contribution >= 4 is 0 Å². The van der Waals surface area contributed by atoms with E-state index in [9.17, 15) is 0 Å². The van der Waals surface area contributed by atoms with Crippen molar-refractivity contribution in [2.45, 2.75) is 65.5 Å². The van der Waals surface area contributed by atoms with E-state index < -0.39 is 0 Å². The van der Waals surface area contributed by atoms with Crippen LogP contribution in [0.5, 0.6) is 0 Å². The fraction of sp³-hybridized carbons (Fsp3) is 0.812. The van der Waals surface area contributed by atoms with Crippen LogP contribution < -0.4 is 5.32 Å². The van der Waals surface area contributed by atoms with Gasteiger partial charge in [0, 0.05) is 18.9 Å². The molecule has 0 spiro atoms. The largest absolute Gasteiger partial charge is 0.334 e. The lowest BCUT2D eigenvalue weighted by Crippen LogP contribution is -2.33. The predicted octanol–water partition coefficient (Wildman–Crippen LogP) is 3.77. The Morgan fingerprint density at radius 3 is 2.95 bits per heavy atom. The summed E-state index contributed by atoms with van der Waals surface area (Å²) >= 11 is 0. The number of hydrogen-bond acceptors (Lipinski definition) is 2. The third-order valence-corrected chi connectivity index (χ3v) is 4.43. The molecule has 19 heavy (non-hydrogen) atoms. The molecule has 0 bridgehead atoms. The average Bonchev–Trinajstić information content (AvgIpc) is 2.88. The predicted molar refractivity (Wildman–Crippen MR) is 80.1 cm³/mol. The Labute approximate surface area is 117 Å². The van der Waals surface area contributed by atoms with E-state index >= 15 is 0 Å². The summed E-state index contributed by atoms with van der Waals surface area (Å²) in [5.41, 5.74) is 0. The second kappa shape index (κ2) is 7.09. The molecule has 0 aromatic carbocycles. The molecule has 0 saturated heterocycles. The lowest BCUT2D eigenvalue weighted by molar-refractivity contribution is 0.215. The molecule has 1 aliphatic carbocycles. The van der Waals surface area contributed by atoms with Crippen LogP contribution in [0.15, 0.2) is 12.4 Å². The van der Waals surface area contributed by atoms with Gasteiger partial charge in [0.25, 0.3) is 0 Å². The number of aryl methyl sites for hydroxylation is 1. The van der Waals surface area contributed by atoms with Gasteiger partial charge in [-0.1, -0.05) is 26.7 Å². The molecule has 1 N–H and O–H groups in total. The molecule has 1 aromatic heterocycles. The fourth-order valence-corrected chi connectivity index (χ4v) is 3.42. The summed E-state index contributed by atoms with van der Waals surface area (Å²) in [5.74, 6) is 2.87. The van der Waals surface area contributed by atoms with Gasteiger partial charge >= 0.3 is 0 Å². The van der Waals surface area contributed by atoms with Crippen LogP contribution in [-0.4, -0.2) is 16.1 Å². The van der Waals surface area contributed by atoms with Crippen molar-refractivity contribution in [2.24, 2.45) is 11.8 Å². The van der Waals surface area contributed by atoms with Crippen molar-refractivity contribution < 1.29 is 0 Å². The van der Waals surface area contributed by atoms with Gasteiger partial charge in [-0.15, -0.1) is 0 Å². The average molecular weight is 263 g/mol. The number of nitrogens with zero attached hydrogens (tertiary/aromatic N) is 2. The van der Waals surface area contributed by atoms with Crippen LogP contribution in [-0.2, 0) is 6.54 Å². The molecule has 1 aromatic rings. The van der Waals surface area contributed by atoms with Gasteiger partial charge in [0.1, 0.15) is 5.82 Å². The SMILES string of the molecule is CCCNC(c1nccn1CC)C1CCCC(C)C1. The van der Waals surface area contributed by atoms with Crippen LogP contribution in [0.2, 0.25) is 0 Å². The van der Waals surface area contributed by atoms with E-state index in [2.05, 4.69) is 41.8 Å². The highest BCUT2D eigenvalue weighted by Gasteiger charge is 2.29. The van der Waals surface area contributed by atoms with Crippen molar-refractivity contribution in [3.8, 4) is 0 Å². The molecule has 0 amide bonds. The summed E-state index contributed by atoms with van der Waals surface area (Å²) in [7, 11) is 0. The van der Waals surface area contributed by atoms with E-state index in [0.29, 0.717) is 6.04 Å². The quantitative estimate of drug-likeness (QED) is 0.846. The number of aromatic nitrogens is 2. The maximum atomic E-state index is 4.64. The highest BCUT2D eigenvalue weighted by atomic mass is 15.1. The Bertz CT molecular complexity index is 372. The van der Waals surface area contributed by atoms with Gasteiger partial charge in [-0.05, 0) is 44.6 Å². The molecule has 0 radical (unpaired) electrons. The zero-order valence-corrected chi connectivity index (χ0v) is 12.7. The van der Waals surface area contributed by atoms with Crippen molar-refractivity contribution in [1.82, 2.24) is 14.9 Å². The van der Waals surface area contributed by atoms with Gasteiger partial charge in [0.05, 0.1) is 6.04 Å². The van der Waals surface area contributed by atoms with Crippen molar-refractivity contribution in [1.29, 1.82) is 0 Å². The first-order valence-corrected chi connectivity index (χ1v) is 8.00. The number of nitrogens with one attached hydrogen (secondary N) is 1. The first-order valence-electron chi connectivity index (χ1n) is 8.00. The third kappa shape index (κ3) is 3.59. The molecule has 3 heteroatoms. The van der Waals surface area contributed by atoms with Gasteiger partial charge in [-0.3, -0.25) is 0 Å². The molecule has 0 aliphatic heterocycles. The Morgan fingerprint density at radius 2 is 2.26 bits per heavy atom. The van der Waals surface area contributed by atoms with Crippen LogP contribution in [0.3, 0.4) is 0 Å². The molecule has 3 nitrogen and oxygen atoms in total. The lowest BCUT2D eigenvalue weighted by atomic mass is 9.78. The van der Waals surface area contributed by atoms with Gasteiger partial charge in [0.15, 0.2) is 0 Å². The summed E-state index contributed by atoms with van der Waals surface area (Å²) in [5, 5.41) is 3.75. The van der Waals surface area contributed by atoms with Crippen LogP contribution in [0.4, 0.5) is 0 Å². The molecule has 1 aliphatic rings.